The summed E-state index contributed by atoms with van der Waals surface area (Å²) < 4.78 is 72.3. The monoisotopic (exact) mass is 782 g/mol. The van der Waals surface area contributed by atoms with Gasteiger partial charge in [-0.2, -0.15) is 0 Å². The Morgan fingerprint density at radius 1 is 0.421 bits per heavy atom. The fourth-order valence-corrected chi connectivity index (χ4v) is 7.90. The third-order valence-corrected chi connectivity index (χ3v) is 10.5. The van der Waals surface area contributed by atoms with E-state index in [-0.39, 0.29) is 13.2 Å². The third kappa shape index (κ3) is 10.2. The average molecular weight is 783 g/mol. The van der Waals surface area contributed by atoms with Crippen LogP contribution >= 0.6 is 0 Å². The molecule has 4 saturated heterocycles. The second kappa shape index (κ2) is 18.1. The van der Waals surface area contributed by atoms with Gasteiger partial charge in [0.25, 0.3) is 0 Å². The summed E-state index contributed by atoms with van der Waals surface area (Å²) in [4.78, 5) is 0. The van der Waals surface area contributed by atoms with Gasteiger partial charge < -0.3 is 52.1 Å². The van der Waals surface area contributed by atoms with Crippen LogP contribution in [0, 0.1) is 0 Å². The van der Waals surface area contributed by atoms with Gasteiger partial charge in [-0.25, -0.2) is 0 Å². The molecule has 0 spiro atoms. The van der Waals surface area contributed by atoms with Gasteiger partial charge in [-0.05, 0) is 49.9 Å². The fourth-order valence-electron chi connectivity index (χ4n) is 7.90. The van der Waals surface area contributed by atoms with E-state index in [1.807, 2.05) is 149 Å². The number of hydrogen-bond acceptors (Lipinski definition) is 11. The van der Waals surface area contributed by atoms with E-state index in [1.165, 1.54) is 0 Å². The highest BCUT2D eigenvalue weighted by atomic mass is 16.9. The van der Waals surface area contributed by atoms with E-state index in [1.54, 1.807) is 0 Å². The van der Waals surface area contributed by atoms with Crippen LogP contribution in [0.25, 0.3) is 0 Å². The van der Waals surface area contributed by atoms with Crippen molar-refractivity contribution in [1.82, 2.24) is 0 Å². The molecule has 10 atom stereocenters. The summed E-state index contributed by atoms with van der Waals surface area (Å²) in [6.07, 6.45) is -6.08. The zero-order valence-electron chi connectivity index (χ0n) is 33.1. The summed E-state index contributed by atoms with van der Waals surface area (Å²) >= 11 is 0. The predicted molar refractivity (Wildman–Crippen MR) is 208 cm³/mol. The zero-order valence-corrected chi connectivity index (χ0v) is 33.1. The molecule has 4 aliphatic rings. The Hall–Kier alpha value is -3.56. The van der Waals surface area contributed by atoms with Crippen molar-refractivity contribution < 1.29 is 52.1 Å². The largest absolute Gasteiger partial charge is 0.374 e. The van der Waals surface area contributed by atoms with Crippen molar-refractivity contribution in [1.29, 1.82) is 0 Å². The highest BCUT2D eigenvalue weighted by Gasteiger charge is 2.61. The Kier molecular flexibility index (Phi) is 12.8. The lowest BCUT2D eigenvalue weighted by Crippen LogP contribution is -2.62. The number of rotatable bonds is 16. The molecule has 4 aliphatic heterocycles. The minimum atomic E-state index is -0.913. The van der Waals surface area contributed by atoms with E-state index < -0.39 is 73.0 Å². The molecule has 0 aliphatic carbocycles. The second-order valence-corrected chi connectivity index (χ2v) is 15.9. The van der Waals surface area contributed by atoms with Gasteiger partial charge in [0.1, 0.15) is 48.8 Å². The van der Waals surface area contributed by atoms with Crippen LogP contribution in [0.2, 0.25) is 0 Å². The average Bonchev–Trinajstić information content (AvgIpc) is 3.73. The molecule has 4 fully saturated rings. The van der Waals surface area contributed by atoms with Crippen LogP contribution in [0.3, 0.4) is 0 Å². The summed E-state index contributed by atoms with van der Waals surface area (Å²) in [6.45, 7) is 9.15. The molecule has 1 unspecified atom stereocenters. The summed E-state index contributed by atoms with van der Waals surface area (Å²) in [7, 11) is 0. The lowest BCUT2D eigenvalue weighted by Gasteiger charge is -2.46. The molecule has 4 aromatic carbocycles. The molecule has 11 heteroatoms. The van der Waals surface area contributed by atoms with Crippen molar-refractivity contribution in [2.45, 2.75) is 127 Å². The van der Waals surface area contributed by atoms with Crippen LogP contribution in [0.15, 0.2) is 121 Å². The smallest absolute Gasteiger partial charge is 0.190 e. The van der Waals surface area contributed by atoms with Crippen LogP contribution in [-0.2, 0) is 78.5 Å². The van der Waals surface area contributed by atoms with E-state index in [9.17, 15) is 0 Å². The fraction of sp³-hybridized carbons (Fsp3) is 0.478. The topological polar surface area (TPSA) is 102 Å². The van der Waals surface area contributed by atoms with Crippen LogP contribution in [0.5, 0.6) is 0 Å². The van der Waals surface area contributed by atoms with Gasteiger partial charge in [0.15, 0.2) is 24.2 Å². The van der Waals surface area contributed by atoms with E-state index >= 15 is 0 Å². The summed E-state index contributed by atoms with van der Waals surface area (Å²) in [5.74, 6) is -1.70. The van der Waals surface area contributed by atoms with Crippen molar-refractivity contribution in [2.75, 3.05) is 13.2 Å². The summed E-state index contributed by atoms with van der Waals surface area (Å²) in [5.41, 5.74) is 4.08. The lowest BCUT2D eigenvalue weighted by atomic mass is 9.97. The number of benzene rings is 4. The van der Waals surface area contributed by atoms with E-state index in [2.05, 4.69) is 0 Å². The molecule has 0 radical (unpaired) electrons. The maximum Gasteiger partial charge on any atom is 0.190 e. The standard InChI is InChI=1S/C46H54O11/c1-45(2)54-38-36(53-44-42(40(38)55-45)56-46(3,4)57-44)30-51-43-41(50-28-34-23-15-8-16-24-34)39(49-27-33-21-13-7-14-22-33)37(48-26-32-19-11-6-12-20-32)35(52-43)29-47-25-31-17-9-5-10-18-31/h5-24,35-44H,25-30H2,1-4H3/t35-,36-,37-,38+,39+,40+,41-,42-,43?,44-/m1/s1. The van der Waals surface area contributed by atoms with Gasteiger partial charge in [0.05, 0.1) is 39.6 Å². The van der Waals surface area contributed by atoms with Gasteiger partial charge in [0, 0.05) is 0 Å². The Labute approximate surface area is 335 Å². The molecule has 0 amide bonds. The Balaban J connectivity index is 1.09. The number of fused-ring (bicyclic) bond motifs is 3. The Morgan fingerprint density at radius 2 is 0.877 bits per heavy atom. The van der Waals surface area contributed by atoms with E-state index in [0.29, 0.717) is 26.4 Å². The first-order valence-corrected chi connectivity index (χ1v) is 19.9. The van der Waals surface area contributed by atoms with Crippen LogP contribution in [0.1, 0.15) is 49.9 Å². The normalized spacial score (nSPS) is 31.4. The van der Waals surface area contributed by atoms with E-state index in [4.69, 9.17) is 52.1 Å². The lowest BCUT2D eigenvalue weighted by molar-refractivity contribution is -0.337. The molecule has 304 valence electrons. The van der Waals surface area contributed by atoms with Gasteiger partial charge in [-0.3, -0.25) is 0 Å². The van der Waals surface area contributed by atoms with Crippen LogP contribution < -0.4 is 0 Å². The molecular weight excluding hydrogens is 728 g/mol. The van der Waals surface area contributed by atoms with Gasteiger partial charge in [-0.15, -0.1) is 0 Å². The second-order valence-electron chi connectivity index (χ2n) is 15.9. The van der Waals surface area contributed by atoms with Crippen molar-refractivity contribution in [3.8, 4) is 0 Å². The molecular formula is C46H54O11. The van der Waals surface area contributed by atoms with Crippen molar-refractivity contribution in [2.24, 2.45) is 0 Å². The molecule has 4 aromatic rings. The van der Waals surface area contributed by atoms with Gasteiger partial charge in [-0.1, -0.05) is 121 Å². The first-order chi connectivity index (χ1) is 27.7. The molecule has 57 heavy (non-hydrogen) atoms. The first kappa shape index (κ1) is 40.2. The third-order valence-electron chi connectivity index (χ3n) is 10.5. The quantitative estimate of drug-likeness (QED) is 0.116. The summed E-state index contributed by atoms with van der Waals surface area (Å²) in [6, 6.07) is 40.2. The maximum atomic E-state index is 6.91. The molecule has 0 saturated carbocycles. The molecule has 11 nitrogen and oxygen atoms in total. The van der Waals surface area contributed by atoms with Crippen molar-refractivity contribution >= 4 is 0 Å². The minimum Gasteiger partial charge on any atom is -0.374 e. The number of hydrogen-bond donors (Lipinski definition) is 0. The first-order valence-electron chi connectivity index (χ1n) is 19.9. The zero-order chi connectivity index (χ0) is 39.2. The molecule has 4 heterocycles. The SMILES string of the molecule is CC1(C)O[C@H]2[C@@H](O1)[C@@H](COC1O[C@H](COCc3ccccc3)[C@@H](OCc3ccccc3)[C@H](OCc3ccccc3)[C@H]1OCc1ccccc1)O[C@@H]1OC(C)(C)O[C@@H]12. The molecule has 0 aromatic heterocycles. The maximum absolute atomic E-state index is 6.91. The molecule has 0 bridgehead atoms. The van der Waals surface area contributed by atoms with Crippen LogP contribution in [0.4, 0.5) is 0 Å². The van der Waals surface area contributed by atoms with E-state index in [0.717, 1.165) is 22.3 Å². The van der Waals surface area contributed by atoms with Crippen molar-refractivity contribution in [3.63, 3.8) is 0 Å². The number of ether oxygens (including phenoxy) is 11. The molecule has 8 rings (SSSR count). The predicted octanol–water partition coefficient (Wildman–Crippen LogP) is 7.10. The highest BCUT2D eigenvalue weighted by Crippen LogP contribution is 2.44. The van der Waals surface area contributed by atoms with Crippen molar-refractivity contribution in [3.05, 3.63) is 144 Å². The Morgan fingerprint density at radius 3 is 1.44 bits per heavy atom. The Bertz CT molecular complexity index is 1810. The van der Waals surface area contributed by atoms with Crippen LogP contribution in [-0.4, -0.2) is 86.2 Å². The molecule has 0 N–H and O–H groups in total. The summed E-state index contributed by atoms with van der Waals surface area (Å²) in [5, 5.41) is 0. The minimum absolute atomic E-state index is 0.0853. The van der Waals surface area contributed by atoms with Gasteiger partial charge >= 0.3 is 0 Å². The highest BCUT2D eigenvalue weighted by molar-refractivity contribution is 5.16. The van der Waals surface area contributed by atoms with Gasteiger partial charge in [0.2, 0.25) is 0 Å².